The maximum Gasteiger partial charge on any atom is 0.242 e. The quantitative estimate of drug-likeness (QED) is 0.777. The molecule has 1 amide bonds. The Morgan fingerprint density at radius 2 is 1.79 bits per heavy atom. The molecule has 6 heteroatoms. The molecule has 1 aromatic heterocycles. The highest BCUT2D eigenvalue weighted by Crippen LogP contribution is 2.22. The third kappa shape index (κ3) is 3.80. The first kappa shape index (κ1) is 15.7. The first-order valence-electron chi connectivity index (χ1n) is 6.40. The number of carbonyl (C=O) groups is 1. The van der Waals surface area contributed by atoms with Gasteiger partial charge >= 0.3 is 0 Å². The molecule has 1 rings (SSSR count). The lowest BCUT2D eigenvalue weighted by molar-refractivity contribution is -0.129. The Labute approximate surface area is 119 Å². The molecule has 0 aromatic carbocycles. The summed E-state index contributed by atoms with van der Waals surface area (Å²) < 4.78 is 0. The van der Waals surface area contributed by atoms with Gasteiger partial charge in [0.1, 0.15) is 16.8 Å². The molecule has 106 valence electrons. The van der Waals surface area contributed by atoms with Crippen LogP contribution >= 0.6 is 11.6 Å². The maximum atomic E-state index is 12.1. The Morgan fingerprint density at radius 3 is 2.32 bits per heavy atom. The van der Waals surface area contributed by atoms with E-state index in [1.165, 1.54) is 0 Å². The molecule has 1 aromatic rings. The number of nitrogens with zero attached hydrogens (tertiary/aromatic N) is 4. The number of carbonyl (C=O) groups excluding carboxylic acids is 1. The highest BCUT2D eigenvalue weighted by atomic mass is 35.5. The van der Waals surface area contributed by atoms with Crippen LogP contribution < -0.4 is 4.90 Å². The van der Waals surface area contributed by atoms with Crippen LogP contribution in [-0.2, 0) is 4.79 Å². The van der Waals surface area contributed by atoms with Gasteiger partial charge in [0.2, 0.25) is 5.91 Å². The van der Waals surface area contributed by atoms with Crippen molar-refractivity contribution < 1.29 is 4.79 Å². The fraction of sp³-hybridized carbons (Fsp3) is 0.615. The largest absolute Gasteiger partial charge is 0.350 e. The van der Waals surface area contributed by atoms with Gasteiger partial charge in [-0.3, -0.25) is 4.79 Å². The topological polar surface area (TPSA) is 49.3 Å². The van der Waals surface area contributed by atoms with Crippen molar-refractivity contribution in [3.8, 4) is 0 Å². The molecule has 0 N–H and O–H groups in total. The number of hydrogen-bond acceptors (Lipinski definition) is 4. The van der Waals surface area contributed by atoms with E-state index in [0.717, 1.165) is 5.56 Å². The number of halogens is 1. The van der Waals surface area contributed by atoms with Gasteiger partial charge in [-0.25, -0.2) is 9.97 Å². The van der Waals surface area contributed by atoms with Crippen molar-refractivity contribution in [3.05, 3.63) is 16.5 Å². The van der Waals surface area contributed by atoms with Gasteiger partial charge in [-0.05, 0) is 27.7 Å². The zero-order valence-electron chi connectivity index (χ0n) is 12.2. The highest BCUT2D eigenvalue weighted by Gasteiger charge is 2.17. The molecule has 5 nitrogen and oxygen atoms in total. The summed E-state index contributed by atoms with van der Waals surface area (Å²) >= 11 is 6.04. The minimum atomic E-state index is 0.0827. The zero-order chi connectivity index (χ0) is 14.6. The highest BCUT2D eigenvalue weighted by molar-refractivity contribution is 6.30. The lowest BCUT2D eigenvalue weighted by Gasteiger charge is -2.25. The van der Waals surface area contributed by atoms with Crippen molar-refractivity contribution in [2.75, 3.05) is 31.6 Å². The lowest BCUT2D eigenvalue weighted by atomic mass is 10.3. The smallest absolute Gasteiger partial charge is 0.242 e. The molecule has 0 aliphatic heterocycles. The van der Waals surface area contributed by atoms with Crippen molar-refractivity contribution in [1.82, 2.24) is 14.9 Å². The average molecular weight is 285 g/mol. The standard InChI is InChI=1S/C13H21ClN4O/c1-6-18(7-2)11(19)8-17(5)13-9(3)12(14)15-10(4)16-13/h6-8H2,1-5H3. The maximum absolute atomic E-state index is 12.1. The molecule has 0 fully saturated rings. The van der Waals surface area contributed by atoms with Crippen LogP contribution in [-0.4, -0.2) is 47.5 Å². The van der Waals surface area contributed by atoms with Gasteiger partial charge in [0.15, 0.2) is 0 Å². The van der Waals surface area contributed by atoms with Crippen LogP contribution in [0.1, 0.15) is 25.2 Å². The summed E-state index contributed by atoms with van der Waals surface area (Å²) in [5, 5.41) is 0.435. The van der Waals surface area contributed by atoms with Crippen LogP contribution in [0.5, 0.6) is 0 Å². The Hall–Kier alpha value is -1.36. The number of hydrogen-bond donors (Lipinski definition) is 0. The van der Waals surface area contributed by atoms with Gasteiger partial charge < -0.3 is 9.80 Å². The van der Waals surface area contributed by atoms with Crippen LogP contribution in [0.2, 0.25) is 5.15 Å². The number of amides is 1. The second kappa shape index (κ2) is 6.70. The molecular formula is C13H21ClN4O. The Bertz CT molecular complexity index is 460. The fourth-order valence-corrected chi connectivity index (χ4v) is 2.11. The van der Waals surface area contributed by atoms with Gasteiger partial charge in [-0.15, -0.1) is 0 Å². The first-order chi connectivity index (χ1) is 8.90. The predicted octanol–water partition coefficient (Wildman–Crippen LogP) is 2.05. The molecule has 0 bridgehead atoms. The average Bonchev–Trinajstić information content (AvgIpc) is 2.35. The molecule has 19 heavy (non-hydrogen) atoms. The molecule has 1 heterocycles. The van der Waals surface area contributed by atoms with E-state index in [1.54, 1.807) is 11.8 Å². The van der Waals surface area contributed by atoms with Crippen LogP contribution in [0, 0.1) is 13.8 Å². The van der Waals surface area contributed by atoms with Crippen molar-refractivity contribution in [2.45, 2.75) is 27.7 Å². The van der Waals surface area contributed by atoms with Gasteiger partial charge in [-0.1, -0.05) is 11.6 Å². The van der Waals surface area contributed by atoms with Gasteiger partial charge in [-0.2, -0.15) is 0 Å². The second-order valence-corrected chi connectivity index (χ2v) is 4.79. The summed E-state index contributed by atoms with van der Waals surface area (Å²) in [6, 6.07) is 0. The summed E-state index contributed by atoms with van der Waals surface area (Å²) in [4.78, 5) is 24.1. The van der Waals surface area contributed by atoms with Crippen molar-refractivity contribution in [1.29, 1.82) is 0 Å². The number of rotatable bonds is 5. The summed E-state index contributed by atoms with van der Waals surface area (Å²) in [6.07, 6.45) is 0. The van der Waals surface area contributed by atoms with Crippen molar-refractivity contribution >= 4 is 23.3 Å². The van der Waals surface area contributed by atoms with E-state index in [-0.39, 0.29) is 12.5 Å². The minimum absolute atomic E-state index is 0.0827. The number of aryl methyl sites for hydroxylation is 1. The molecule has 0 saturated heterocycles. The molecule has 0 unspecified atom stereocenters. The van der Waals surface area contributed by atoms with Crippen LogP contribution in [0.4, 0.5) is 5.82 Å². The molecule has 0 radical (unpaired) electrons. The Morgan fingerprint density at radius 1 is 1.21 bits per heavy atom. The number of anilines is 1. The monoisotopic (exact) mass is 284 g/mol. The van der Waals surface area contributed by atoms with E-state index in [0.29, 0.717) is 29.9 Å². The molecule has 0 saturated carbocycles. The van der Waals surface area contributed by atoms with Crippen molar-refractivity contribution in [2.24, 2.45) is 0 Å². The van der Waals surface area contributed by atoms with Gasteiger partial charge in [0.25, 0.3) is 0 Å². The molecule has 0 aliphatic carbocycles. The summed E-state index contributed by atoms with van der Waals surface area (Å²) in [7, 11) is 1.84. The zero-order valence-corrected chi connectivity index (χ0v) is 13.0. The van der Waals surface area contributed by atoms with Gasteiger partial charge in [0.05, 0.1) is 6.54 Å². The van der Waals surface area contributed by atoms with Crippen LogP contribution in [0.3, 0.4) is 0 Å². The number of likely N-dealkylation sites (N-methyl/N-ethyl adjacent to an activating group) is 2. The normalized spacial score (nSPS) is 10.4. The third-order valence-electron chi connectivity index (χ3n) is 3.02. The summed E-state index contributed by atoms with van der Waals surface area (Å²) in [6.45, 7) is 9.30. The van der Waals surface area contributed by atoms with E-state index in [9.17, 15) is 4.79 Å². The van der Waals surface area contributed by atoms with Gasteiger partial charge in [0, 0.05) is 25.7 Å². The minimum Gasteiger partial charge on any atom is -0.350 e. The predicted molar refractivity (Wildman–Crippen MR) is 77.7 cm³/mol. The van der Waals surface area contributed by atoms with E-state index < -0.39 is 0 Å². The van der Waals surface area contributed by atoms with E-state index >= 15 is 0 Å². The Kier molecular flexibility index (Phi) is 5.54. The van der Waals surface area contributed by atoms with Crippen LogP contribution in [0.15, 0.2) is 0 Å². The first-order valence-corrected chi connectivity index (χ1v) is 6.78. The molecular weight excluding hydrogens is 264 g/mol. The lowest BCUT2D eigenvalue weighted by Crippen LogP contribution is -2.39. The summed E-state index contributed by atoms with van der Waals surface area (Å²) in [5.41, 5.74) is 0.794. The van der Waals surface area contributed by atoms with E-state index in [4.69, 9.17) is 11.6 Å². The SMILES string of the molecule is CCN(CC)C(=O)CN(C)c1nc(C)nc(Cl)c1C. The summed E-state index contributed by atoms with van der Waals surface area (Å²) in [5.74, 6) is 1.39. The molecule has 0 spiro atoms. The van der Waals surface area contributed by atoms with E-state index in [2.05, 4.69) is 9.97 Å². The second-order valence-electron chi connectivity index (χ2n) is 4.43. The third-order valence-corrected chi connectivity index (χ3v) is 3.39. The van der Waals surface area contributed by atoms with E-state index in [1.807, 2.05) is 32.7 Å². The molecule has 0 aliphatic rings. The fourth-order valence-electron chi connectivity index (χ4n) is 1.91. The number of aromatic nitrogens is 2. The Balaban J connectivity index is 2.89. The molecule has 0 atom stereocenters. The van der Waals surface area contributed by atoms with Crippen molar-refractivity contribution in [3.63, 3.8) is 0 Å². The van der Waals surface area contributed by atoms with Crippen LogP contribution in [0.25, 0.3) is 0 Å².